The summed E-state index contributed by atoms with van der Waals surface area (Å²) in [5, 5.41) is 0. The molecule has 0 spiro atoms. The number of hydrogen-bond donors (Lipinski definition) is 0. The normalized spacial score (nSPS) is 17.2. The van der Waals surface area contributed by atoms with Gasteiger partial charge in [-0.2, -0.15) is 0 Å². The van der Waals surface area contributed by atoms with Crippen LogP contribution in [0.25, 0.3) is 17.2 Å². The van der Waals surface area contributed by atoms with E-state index in [2.05, 4.69) is 85.3 Å². The minimum Gasteiger partial charge on any atom is -0.0720 e. The van der Waals surface area contributed by atoms with Crippen molar-refractivity contribution in [1.29, 1.82) is 0 Å². The van der Waals surface area contributed by atoms with Gasteiger partial charge in [-0.15, -0.1) is 0 Å². The van der Waals surface area contributed by atoms with E-state index >= 15 is 0 Å². The zero-order valence-corrected chi connectivity index (χ0v) is 12.2. The van der Waals surface area contributed by atoms with Crippen LogP contribution in [0.4, 0.5) is 0 Å². The van der Waals surface area contributed by atoms with Crippen molar-refractivity contribution in [3.05, 3.63) is 107 Å². The Labute approximate surface area is 130 Å². The van der Waals surface area contributed by atoms with Gasteiger partial charge in [-0.1, -0.05) is 78.9 Å². The SMILES string of the molecule is [CH]1c2ccccc2-c2cccc(C3C=Cc4ccccc43)c21. The van der Waals surface area contributed by atoms with Crippen LogP contribution in [0, 0.1) is 6.42 Å². The first kappa shape index (κ1) is 12.0. The Morgan fingerprint density at radius 1 is 0.591 bits per heavy atom. The van der Waals surface area contributed by atoms with Crippen LogP contribution in [0.3, 0.4) is 0 Å². The van der Waals surface area contributed by atoms with Crippen LogP contribution in [0.2, 0.25) is 0 Å². The highest BCUT2D eigenvalue weighted by Gasteiger charge is 2.26. The minimum absolute atomic E-state index is 0.372. The molecule has 1 unspecified atom stereocenters. The van der Waals surface area contributed by atoms with Gasteiger partial charge in [0.15, 0.2) is 0 Å². The summed E-state index contributed by atoms with van der Waals surface area (Å²) in [7, 11) is 0. The molecular weight excluding hydrogens is 264 g/mol. The Hall–Kier alpha value is -2.60. The van der Waals surface area contributed by atoms with E-state index in [4.69, 9.17) is 0 Å². The highest BCUT2D eigenvalue weighted by Crippen LogP contribution is 2.44. The van der Waals surface area contributed by atoms with Gasteiger partial charge >= 0.3 is 0 Å². The van der Waals surface area contributed by atoms with Crippen LogP contribution >= 0.6 is 0 Å². The van der Waals surface area contributed by atoms with E-state index in [0.717, 1.165) is 0 Å². The standard InChI is InChI=1S/C22H15/c1-3-8-17-15(6-1)12-13-21(17)20-11-5-10-19-18-9-4-2-7-16(18)14-22(19)20/h1-14,21H. The third-order valence-electron chi connectivity index (χ3n) is 4.83. The first-order chi connectivity index (χ1) is 10.9. The van der Waals surface area contributed by atoms with Gasteiger partial charge in [0.1, 0.15) is 0 Å². The van der Waals surface area contributed by atoms with Crippen molar-refractivity contribution in [2.75, 3.05) is 0 Å². The van der Waals surface area contributed by atoms with Gasteiger partial charge in [0.2, 0.25) is 0 Å². The van der Waals surface area contributed by atoms with Gasteiger partial charge in [-0.25, -0.2) is 0 Å². The lowest BCUT2D eigenvalue weighted by molar-refractivity contribution is 1.04. The van der Waals surface area contributed by atoms with Crippen LogP contribution in [0.15, 0.2) is 72.8 Å². The molecule has 0 nitrogen and oxygen atoms in total. The van der Waals surface area contributed by atoms with Crippen LogP contribution in [0.1, 0.15) is 33.7 Å². The van der Waals surface area contributed by atoms with E-state index in [1.54, 1.807) is 0 Å². The first-order valence-corrected chi connectivity index (χ1v) is 7.76. The Balaban J connectivity index is 1.69. The largest absolute Gasteiger partial charge is 0.0720 e. The lowest BCUT2D eigenvalue weighted by atomic mass is 9.88. The van der Waals surface area contributed by atoms with E-state index in [-0.39, 0.29) is 0 Å². The zero-order chi connectivity index (χ0) is 14.5. The molecule has 0 aliphatic heterocycles. The van der Waals surface area contributed by atoms with Gasteiger partial charge in [0, 0.05) is 12.3 Å². The van der Waals surface area contributed by atoms with Gasteiger partial charge in [0.05, 0.1) is 0 Å². The summed E-state index contributed by atoms with van der Waals surface area (Å²) >= 11 is 0. The fourth-order valence-electron chi connectivity index (χ4n) is 3.79. The van der Waals surface area contributed by atoms with Crippen molar-refractivity contribution in [2.24, 2.45) is 0 Å². The number of allylic oxidation sites excluding steroid dienone is 1. The zero-order valence-electron chi connectivity index (χ0n) is 12.2. The van der Waals surface area contributed by atoms with Crippen LogP contribution in [-0.2, 0) is 0 Å². The summed E-state index contributed by atoms with van der Waals surface area (Å²) in [5.41, 5.74) is 9.62. The quantitative estimate of drug-likeness (QED) is 0.436. The van der Waals surface area contributed by atoms with E-state index in [0.29, 0.717) is 5.92 Å². The molecule has 0 heteroatoms. The monoisotopic (exact) mass is 279 g/mol. The molecule has 0 amide bonds. The molecule has 103 valence electrons. The molecule has 0 fully saturated rings. The molecule has 1 atom stereocenters. The summed E-state index contributed by atoms with van der Waals surface area (Å²) in [5.74, 6) is 0.372. The Morgan fingerprint density at radius 3 is 2.27 bits per heavy atom. The number of rotatable bonds is 1. The topological polar surface area (TPSA) is 0 Å². The van der Waals surface area contributed by atoms with Crippen molar-refractivity contribution < 1.29 is 0 Å². The van der Waals surface area contributed by atoms with Crippen molar-refractivity contribution in [3.63, 3.8) is 0 Å². The average molecular weight is 279 g/mol. The molecule has 2 aliphatic rings. The van der Waals surface area contributed by atoms with Gasteiger partial charge in [-0.05, 0) is 38.9 Å². The minimum atomic E-state index is 0.372. The maximum atomic E-state index is 2.34. The molecule has 0 aromatic heterocycles. The van der Waals surface area contributed by atoms with Gasteiger partial charge in [0.25, 0.3) is 0 Å². The maximum absolute atomic E-state index is 2.34. The fourth-order valence-corrected chi connectivity index (χ4v) is 3.79. The van der Waals surface area contributed by atoms with Gasteiger partial charge < -0.3 is 0 Å². The molecule has 3 aromatic carbocycles. The third kappa shape index (κ3) is 1.58. The smallest absolute Gasteiger partial charge is 0.0281 e. The molecule has 0 saturated carbocycles. The second-order valence-corrected chi connectivity index (χ2v) is 6.01. The molecular formula is C22H15. The lowest BCUT2D eigenvalue weighted by Gasteiger charge is -2.16. The maximum Gasteiger partial charge on any atom is 0.0281 e. The number of benzene rings is 3. The molecule has 0 heterocycles. The summed E-state index contributed by atoms with van der Waals surface area (Å²) in [6.45, 7) is 0. The van der Waals surface area contributed by atoms with Crippen molar-refractivity contribution in [2.45, 2.75) is 5.92 Å². The number of fused-ring (bicyclic) bond motifs is 4. The summed E-state index contributed by atoms with van der Waals surface area (Å²) in [4.78, 5) is 0. The van der Waals surface area contributed by atoms with E-state index in [1.807, 2.05) is 0 Å². The van der Waals surface area contributed by atoms with E-state index < -0.39 is 0 Å². The summed E-state index contributed by atoms with van der Waals surface area (Å²) < 4.78 is 0. The van der Waals surface area contributed by atoms with Crippen LogP contribution < -0.4 is 0 Å². The molecule has 0 bridgehead atoms. The highest BCUT2D eigenvalue weighted by molar-refractivity contribution is 5.83. The van der Waals surface area contributed by atoms with E-state index in [1.165, 1.54) is 38.9 Å². The molecule has 2 aliphatic carbocycles. The van der Waals surface area contributed by atoms with Crippen LogP contribution in [0.5, 0.6) is 0 Å². The van der Waals surface area contributed by atoms with Crippen LogP contribution in [-0.4, -0.2) is 0 Å². The Bertz CT molecular complexity index is 915. The van der Waals surface area contributed by atoms with Gasteiger partial charge in [-0.3, -0.25) is 0 Å². The molecule has 22 heavy (non-hydrogen) atoms. The molecule has 0 N–H and O–H groups in total. The average Bonchev–Trinajstić information content (AvgIpc) is 3.16. The summed E-state index contributed by atoms with van der Waals surface area (Å²) in [6, 6.07) is 24.1. The number of hydrogen-bond acceptors (Lipinski definition) is 0. The Morgan fingerprint density at radius 2 is 1.32 bits per heavy atom. The lowest BCUT2D eigenvalue weighted by Crippen LogP contribution is -1.99. The molecule has 3 aromatic rings. The predicted molar refractivity (Wildman–Crippen MR) is 91.7 cm³/mol. The second-order valence-electron chi connectivity index (χ2n) is 6.01. The van der Waals surface area contributed by atoms with E-state index in [9.17, 15) is 0 Å². The molecule has 1 radical (unpaired) electrons. The fraction of sp³-hybridized carbons (Fsp3) is 0.0455. The first-order valence-electron chi connectivity index (χ1n) is 7.76. The molecule has 5 rings (SSSR count). The van der Waals surface area contributed by atoms with Crippen molar-refractivity contribution in [3.8, 4) is 11.1 Å². The van der Waals surface area contributed by atoms with Crippen molar-refractivity contribution in [1.82, 2.24) is 0 Å². The van der Waals surface area contributed by atoms with Crippen molar-refractivity contribution >= 4 is 6.08 Å². The second kappa shape index (κ2) is 4.45. The third-order valence-corrected chi connectivity index (χ3v) is 4.83. The molecule has 0 saturated heterocycles. The predicted octanol–water partition coefficient (Wildman–Crippen LogP) is 5.43. The highest BCUT2D eigenvalue weighted by atomic mass is 14.3. The Kier molecular flexibility index (Phi) is 2.42. The summed E-state index contributed by atoms with van der Waals surface area (Å²) in [6.07, 6.45) is 6.92.